The fourth-order valence-corrected chi connectivity index (χ4v) is 4.57. The topological polar surface area (TPSA) is 28.2 Å². The molecule has 0 radical (unpaired) electrons. The average molecular weight is 337 g/mol. The first-order valence-electron chi connectivity index (χ1n) is 8.67. The number of aryl methyl sites for hydroxylation is 1. The van der Waals surface area contributed by atoms with E-state index in [9.17, 15) is 0 Å². The van der Waals surface area contributed by atoms with E-state index in [4.69, 9.17) is 4.98 Å². The minimum Gasteiger partial charge on any atom is -0.315 e. The molecule has 1 N–H and O–H groups in total. The van der Waals surface area contributed by atoms with Gasteiger partial charge in [0, 0.05) is 30.0 Å². The Kier molecular flexibility index (Phi) is 4.60. The molecule has 0 spiro atoms. The molecule has 0 saturated carbocycles. The molecule has 1 unspecified atom stereocenters. The fourth-order valence-electron chi connectivity index (χ4n) is 3.59. The molecule has 1 fully saturated rings. The van der Waals surface area contributed by atoms with Crippen molar-refractivity contribution in [2.24, 2.45) is 0 Å². The van der Waals surface area contributed by atoms with Gasteiger partial charge in [0.1, 0.15) is 0 Å². The lowest BCUT2D eigenvalue weighted by Crippen LogP contribution is -2.33. The molecule has 2 aromatic heterocycles. The summed E-state index contributed by atoms with van der Waals surface area (Å²) in [7, 11) is 0. The SMILES string of the molecule is Cc1cccc(C(c2csc3ccccc23)N2CCCNCC2)n1. The summed E-state index contributed by atoms with van der Waals surface area (Å²) in [5.41, 5.74) is 3.65. The Hall–Kier alpha value is -1.75. The first-order valence-corrected chi connectivity index (χ1v) is 9.55. The third-order valence-electron chi connectivity index (χ3n) is 4.74. The molecule has 3 aromatic rings. The van der Waals surface area contributed by atoms with Crippen LogP contribution in [0.5, 0.6) is 0 Å². The second kappa shape index (κ2) is 7.01. The average Bonchev–Trinajstić information content (AvgIpc) is 2.83. The Balaban J connectivity index is 1.83. The van der Waals surface area contributed by atoms with E-state index in [0.717, 1.165) is 31.9 Å². The first kappa shape index (κ1) is 15.8. The number of benzene rings is 1. The summed E-state index contributed by atoms with van der Waals surface area (Å²) in [6, 6.07) is 15.4. The monoisotopic (exact) mass is 337 g/mol. The second-order valence-corrected chi connectivity index (χ2v) is 7.34. The lowest BCUT2D eigenvalue weighted by Gasteiger charge is -2.30. The Morgan fingerprint density at radius 3 is 2.92 bits per heavy atom. The summed E-state index contributed by atoms with van der Waals surface area (Å²) in [6.45, 7) is 6.40. The van der Waals surface area contributed by atoms with Crippen molar-refractivity contribution in [3.8, 4) is 0 Å². The third-order valence-corrected chi connectivity index (χ3v) is 5.72. The summed E-state index contributed by atoms with van der Waals surface area (Å²) < 4.78 is 1.36. The van der Waals surface area contributed by atoms with Crippen molar-refractivity contribution >= 4 is 21.4 Å². The molecule has 1 atom stereocenters. The Morgan fingerprint density at radius 2 is 2.00 bits per heavy atom. The number of nitrogens with one attached hydrogen (secondary N) is 1. The number of thiophene rings is 1. The minimum absolute atomic E-state index is 0.237. The van der Waals surface area contributed by atoms with Gasteiger partial charge in [0.2, 0.25) is 0 Å². The van der Waals surface area contributed by atoms with E-state index in [1.165, 1.54) is 27.8 Å². The van der Waals surface area contributed by atoms with Crippen molar-refractivity contribution in [3.05, 3.63) is 64.8 Å². The fraction of sp³-hybridized carbons (Fsp3) is 0.350. The maximum atomic E-state index is 4.88. The van der Waals surface area contributed by atoms with E-state index in [1.54, 1.807) is 0 Å². The van der Waals surface area contributed by atoms with Gasteiger partial charge in [-0.1, -0.05) is 24.3 Å². The number of hydrogen-bond donors (Lipinski definition) is 1. The van der Waals surface area contributed by atoms with Crippen LogP contribution in [0.1, 0.15) is 29.4 Å². The van der Waals surface area contributed by atoms with Crippen LogP contribution in [0.15, 0.2) is 47.8 Å². The van der Waals surface area contributed by atoms with Gasteiger partial charge in [-0.2, -0.15) is 0 Å². The molecule has 0 bridgehead atoms. The van der Waals surface area contributed by atoms with Crippen LogP contribution in [-0.4, -0.2) is 36.1 Å². The van der Waals surface area contributed by atoms with E-state index in [1.807, 2.05) is 11.3 Å². The van der Waals surface area contributed by atoms with Gasteiger partial charge in [0.15, 0.2) is 0 Å². The standard InChI is InChI=1S/C20H23N3S/c1-15-6-4-8-18(22-15)20(23-12-5-10-21-11-13-23)17-14-24-19-9-3-2-7-16(17)19/h2-4,6-9,14,20-21H,5,10-13H2,1H3. The summed E-state index contributed by atoms with van der Waals surface area (Å²) in [5.74, 6) is 0. The highest BCUT2D eigenvalue weighted by molar-refractivity contribution is 7.17. The molecule has 1 aliphatic heterocycles. The highest BCUT2D eigenvalue weighted by atomic mass is 32.1. The Morgan fingerprint density at radius 1 is 1.08 bits per heavy atom. The number of fused-ring (bicyclic) bond motifs is 1. The Bertz CT molecular complexity index is 818. The van der Waals surface area contributed by atoms with Crippen LogP contribution in [0.25, 0.3) is 10.1 Å². The van der Waals surface area contributed by atoms with E-state index >= 15 is 0 Å². The largest absolute Gasteiger partial charge is 0.315 e. The van der Waals surface area contributed by atoms with Crippen LogP contribution in [0.4, 0.5) is 0 Å². The van der Waals surface area contributed by atoms with Crippen LogP contribution >= 0.6 is 11.3 Å². The molecule has 0 amide bonds. The Labute approximate surface area is 147 Å². The van der Waals surface area contributed by atoms with E-state index in [0.29, 0.717) is 0 Å². The molecule has 124 valence electrons. The van der Waals surface area contributed by atoms with E-state index in [2.05, 4.69) is 65.0 Å². The summed E-state index contributed by atoms with van der Waals surface area (Å²) in [5, 5.41) is 7.22. The molecular formula is C20H23N3S. The molecule has 4 heteroatoms. The summed E-state index contributed by atoms with van der Waals surface area (Å²) in [4.78, 5) is 7.48. The van der Waals surface area contributed by atoms with Crippen molar-refractivity contribution < 1.29 is 0 Å². The van der Waals surface area contributed by atoms with Crippen molar-refractivity contribution in [1.29, 1.82) is 0 Å². The van der Waals surface area contributed by atoms with Crippen LogP contribution in [-0.2, 0) is 0 Å². The number of aromatic nitrogens is 1. The zero-order valence-electron chi connectivity index (χ0n) is 14.0. The van der Waals surface area contributed by atoms with Crippen molar-refractivity contribution in [2.75, 3.05) is 26.2 Å². The highest BCUT2D eigenvalue weighted by Crippen LogP contribution is 2.36. The predicted octanol–water partition coefficient (Wildman–Crippen LogP) is 3.99. The molecule has 3 nitrogen and oxygen atoms in total. The zero-order chi connectivity index (χ0) is 16.4. The number of nitrogens with zero attached hydrogens (tertiary/aromatic N) is 2. The maximum absolute atomic E-state index is 4.88. The van der Waals surface area contributed by atoms with Crippen LogP contribution < -0.4 is 5.32 Å². The van der Waals surface area contributed by atoms with E-state index in [-0.39, 0.29) is 6.04 Å². The number of pyridine rings is 1. The quantitative estimate of drug-likeness (QED) is 0.783. The van der Waals surface area contributed by atoms with Gasteiger partial charge in [0.05, 0.1) is 11.7 Å². The summed E-state index contributed by atoms with van der Waals surface area (Å²) >= 11 is 1.84. The van der Waals surface area contributed by atoms with Gasteiger partial charge in [-0.05, 0) is 54.4 Å². The van der Waals surface area contributed by atoms with Crippen molar-refractivity contribution in [1.82, 2.24) is 15.2 Å². The zero-order valence-corrected chi connectivity index (χ0v) is 14.9. The van der Waals surface area contributed by atoms with Gasteiger partial charge in [-0.3, -0.25) is 9.88 Å². The smallest absolute Gasteiger partial charge is 0.0791 e. The maximum Gasteiger partial charge on any atom is 0.0791 e. The van der Waals surface area contributed by atoms with Crippen molar-refractivity contribution in [3.63, 3.8) is 0 Å². The van der Waals surface area contributed by atoms with E-state index < -0.39 is 0 Å². The van der Waals surface area contributed by atoms with Crippen LogP contribution in [0, 0.1) is 6.92 Å². The molecule has 24 heavy (non-hydrogen) atoms. The van der Waals surface area contributed by atoms with Gasteiger partial charge in [0.25, 0.3) is 0 Å². The second-order valence-electron chi connectivity index (χ2n) is 6.43. The lowest BCUT2D eigenvalue weighted by molar-refractivity contribution is 0.238. The number of hydrogen-bond acceptors (Lipinski definition) is 4. The lowest BCUT2D eigenvalue weighted by atomic mass is 10.00. The van der Waals surface area contributed by atoms with Crippen LogP contribution in [0.3, 0.4) is 0 Å². The molecular weight excluding hydrogens is 314 g/mol. The number of rotatable bonds is 3. The molecule has 1 aliphatic rings. The molecule has 4 rings (SSSR count). The molecule has 3 heterocycles. The normalized spacial score (nSPS) is 17.7. The predicted molar refractivity (Wildman–Crippen MR) is 102 cm³/mol. The molecule has 1 aromatic carbocycles. The molecule has 0 aliphatic carbocycles. The van der Waals surface area contributed by atoms with Gasteiger partial charge in [-0.15, -0.1) is 11.3 Å². The van der Waals surface area contributed by atoms with Gasteiger partial charge in [-0.25, -0.2) is 0 Å². The minimum atomic E-state index is 0.237. The summed E-state index contributed by atoms with van der Waals surface area (Å²) in [6.07, 6.45) is 1.18. The third kappa shape index (κ3) is 3.09. The molecule has 1 saturated heterocycles. The highest BCUT2D eigenvalue weighted by Gasteiger charge is 2.26. The van der Waals surface area contributed by atoms with Crippen LogP contribution in [0.2, 0.25) is 0 Å². The van der Waals surface area contributed by atoms with Gasteiger partial charge >= 0.3 is 0 Å². The van der Waals surface area contributed by atoms with Gasteiger partial charge < -0.3 is 5.32 Å². The first-order chi connectivity index (χ1) is 11.8. The van der Waals surface area contributed by atoms with Crippen molar-refractivity contribution in [2.45, 2.75) is 19.4 Å².